The first-order valence-electron chi connectivity index (χ1n) is 9.06. The van der Waals surface area contributed by atoms with Gasteiger partial charge in [0, 0.05) is 11.8 Å². The van der Waals surface area contributed by atoms with Gasteiger partial charge in [-0.15, -0.1) is 11.3 Å². The van der Waals surface area contributed by atoms with Crippen LogP contribution in [0.5, 0.6) is 5.75 Å². The molecular formula is C19H22N4O4S. The van der Waals surface area contributed by atoms with Gasteiger partial charge in [-0.05, 0) is 46.9 Å². The molecule has 8 nitrogen and oxygen atoms in total. The lowest BCUT2D eigenvalue weighted by molar-refractivity contribution is -0.390. The third-order valence-corrected chi connectivity index (χ3v) is 5.72. The molecule has 3 heterocycles. The molecule has 0 aliphatic rings. The topological polar surface area (TPSA) is 111 Å². The highest BCUT2D eigenvalue weighted by atomic mass is 32.1. The summed E-state index contributed by atoms with van der Waals surface area (Å²) in [5.41, 5.74) is 1.37. The molecule has 0 aliphatic carbocycles. The van der Waals surface area contributed by atoms with Crippen LogP contribution in [0.3, 0.4) is 0 Å². The summed E-state index contributed by atoms with van der Waals surface area (Å²) in [7, 11) is 0. The van der Waals surface area contributed by atoms with E-state index >= 15 is 0 Å². The molecule has 148 valence electrons. The van der Waals surface area contributed by atoms with Crippen LogP contribution in [0.1, 0.15) is 42.2 Å². The molecule has 0 saturated carbocycles. The first-order valence-corrected chi connectivity index (χ1v) is 9.87. The zero-order valence-electron chi connectivity index (χ0n) is 16.2. The molecule has 28 heavy (non-hydrogen) atoms. The monoisotopic (exact) mass is 402 g/mol. The first-order chi connectivity index (χ1) is 13.3. The molecule has 0 saturated heterocycles. The summed E-state index contributed by atoms with van der Waals surface area (Å²) in [4.78, 5) is 36.1. The maximum Gasteiger partial charge on any atom is 0.406 e. The number of aromatic amines is 1. The van der Waals surface area contributed by atoms with Crippen LogP contribution in [0.4, 0.5) is 5.82 Å². The largest absolute Gasteiger partial charge is 0.478 e. The molecule has 1 atom stereocenters. The van der Waals surface area contributed by atoms with Gasteiger partial charge in [0.2, 0.25) is 5.75 Å². The summed E-state index contributed by atoms with van der Waals surface area (Å²) in [6, 6.07) is 3.13. The number of fused-ring (bicyclic) bond motifs is 1. The second kappa shape index (κ2) is 8.05. The molecule has 0 aromatic carbocycles. The van der Waals surface area contributed by atoms with E-state index in [1.54, 1.807) is 13.0 Å². The summed E-state index contributed by atoms with van der Waals surface area (Å²) in [5.74, 6) is 0.488. The predicted octanol–water partition coefficient (Wildman–Crippen LogP) is 4.07. The average Bonchev–Trinajstić information content (AvgIpc) is 2.96. The molecular weight excluding hydrogens is 380 g/mol. The minimum absolute atomic E-state index is 0.0400. The van der Waals surface area contributed by atoms with Crippen molar-refractivity contribution in [2.45, 2.75) is 47.1 Å². The number of ether oxygens (including phenoxy) is 1. The number of hydrogen-bond donors (Lipinski definition) is 1. The standard InChI is InChI=1S/C19H22N4O4S/c1-5-10(2)8-13-12(4)28-19-16(13)18(24)21-15(22-19)9-27-14-7-6-11(3)20-17(14)23(25)26/h6-7,10H,5,8-9H2,1-4H3,(H,21,22,24)/t10-/m1/s1. The molecule has 3 aromatic rings. The van der Waals surface area contributed by atoms with E-state index in [-0.39, 0.29) is 23.7 Å². The fraction of sp³-hybridized carbons (Fsp3) is 0.421. The number of hydrogen-bond acceptors (Lipinski definition) is 7. The Morgan fingerprint density at radius 2 is 2.07 bits per heavy atom. The molecule has 0 unspecified atom stereocenters. The molecule has 0 fully saturated rings. The first kappa shape index (κ1) is 19.9. The third kappa shape index (κ3) is 4.04. The Kier molecular flexibility index (Phi) is 5.73. The van der Waals surface area contributed by atoms with Crippen molar-refractivity contribution in [2.75, 3.05) is 0 Å². The highest BCUT2D eigenvalue weighted by Gasteiger charge is 2.20. The summed E-state index contributed by atoms with van der Waals surface area (Å²) in [6.45, 7) is 7.87. The van der Waals surface area contributed by atoms with E-state index < -0.39 is 4.92 Å². The van der Waals surface area contributed by atoms with Gasteiger partial charge in [-0.3, -0.25) is 4.79 Å². The second-order valence-corrected chi connectivity index (χ2v) is 8.07. The van der Waals surface area contributed by atoms with Crippen molar-refractivity contribution in [3.63, 3.8) is 0 Å². The number of nitro groups is 1. The smallest absolute Gasteiger partial charge is 0.406 e. The number of thiophene rings is 1. The van der Waals surface area contributed by atoms with Crippen molar-refractivity contribution in [1.82, 2.24) is 15.0 Å². The SMILES string of the molecule is CC[C@@H](C)Cc1c(C)sc2nc(COc3ccc(C)nc3[N+](=O)[O-])[nH]c(=O)c12. The van der Waals surface area contributed by atoms with Crippen LogP contribution in [0.15, 0.2) is 16.9 Å². The number of aryl methyl sites for hydroxylation is 2. The Labute approximate surface area is 165 Å². The van der Waals surface area contributed by atoms with E-state index in [2.05, 4.69) is 28.8 Å². The molecule has 3 rings (SSSR count). The van der Waals surface area contributed by atoms with Gasteiger partial charge in [-0.25, -0.2) is 4.98 Å². The van der Waals surface area contributed by atoms with Gasteiger partial charge in [0.15, 0.2) is 0 Å². The summed E-state index contributed by atoms with van der Waals surface area (Å²) < 4.78 is 5.53. The Morgan fingerprint density at radius 3 is 2.75 bits per heavy atom. The van der Waals surface area contributed by atoms with Crippen LogP contribution in [-0.2, 0) is 13.0 Å². The van der Waals surface area contributed by atoms with Crippen LogP contribution in [-0.4, -0.2) is 19.9 Å². The van der Waals surface area contributed by atoms with Crippen molar-refractivity contribution in [3.05, 3.63) is 54.6 Å². The van der Waals surface area contributed by atoms with E-state index in [1.807, 2.05) is 6.92 Å². The second-order valence-electron chi connectivity index (χ2n) is 6.87. The molecule has 0 aliphatic heterocycles. The number of nitrogens with zero attached hydrogens (tertiary/aromatic N) is 3. The maximum absolute atomic E-state index is 12.7. The normalized spacial score (nSPS) is 12.3. The zero-order chi connectivity index (χ0) is 20.4. The Balaban J connectivity index is 1.90. The summed E-state index contributed by atoms with van der Waals surface area (Å²) in [6.07, 6.45) is 1.88. The van der Waals surface area contributed by atoms with E-state index in [0.717, 1.165) is 23.3 Å². The lowest BCUT2D eigenvalue weighted by atomic mass is 9.98. The maximum atomic E-state index is 12.7. The van der Waals surface area contributed by atoms with Gasteiger partial charge in [0.1, 0.15) is 23.0 Å². The molecule has 1 N–H and O–H groups in total. The van der Waals surface area contributed by atoms with E-state index in [4.69, 9.17) is 4.74 Å². The van der Waals surface area contributed by atoms with Crippen molar-refractivity contribution < 1.29 is 9.66 Å². The number of H-pyrrole nitrogens is 1. The van der Waals surface area contributed by atoms with Crippen molar-refractivity contribution in [2.24, 2.45) is 5.92 Å². The Bertz CT molecular complexity index is 1090. The third-order valence-electron chi connectivity index (χ3n) is 4.68. The molecule has 0 spiro atoms. The highest BCUT2D eigenvalue weighted by Crippen LogP contribution is 2.30. The lowest BCUT2D eigenvalue weighted by Gasteiger charge is -2.08. The van der Waals surface area contributed by atoms with Gasteiger partial charge in [0.05, 0.1) is 5.39 Å². The van der Waals surface area contributed by atoms with E-state index in [1.165, 1.54) is 17.4 Å². The summed E-state index contributed by atoms with van der Waals surface area (Å²) >= 11 is 1.48. The number of rotatable bonds is 7. The van der Waals surface area contributed by atoms with Crippen LogP contribution in [0.25, 0.3) is 10.2 Å². The molecule has 0 radical (unpaired) electrons. The average molecular weight is 402 g/mol. The van der Waals surface area contributed by atoms with Crippen molar-refractivity contribution in [1.29, 1.82) is 0 Å². The number of nitrogens with one attached hydrogen (secondary N) is 1. The van der Waals surface area contributed by atoms with Gasteiger partial charge >= 0.3 is 5.82 Å². The van der Waals surface area contributed by atoms with Crippen LogP contribution < -0.4 is 10.3 Å². The van der Waals surface area contributed by atoms with Crippen LogP contribution in [0, 0.1) is 29.9 Å². The predicted molar refractivity (Wildman–Crippen MR) is 108 cm³/mol. The Hall–Kier alpha value is -2.81. The zero-order valence-corrected chi connectivity index (χ0v) is 17.1. The van der Waals surface area contributed by atoms with Crippen LogP contribution in [0.2, 0.25) is 0 Å². The van der Waals surface area contributed by atoms with E-state index in [9.17, 15) is 14.9 Å². The van der Waals surface area contributed by atoms with Gasteiger partial charge in [0.25, 0.3) is 5.56 Å². The molecule has 0 amide bonds. The van der Waals surface area contributed by atoms with Gasteiger partial charge in [-0.1, -0.05) is 20.3 Å². The quantitative estimate of drug-likeness (QED) is 0.471. The van der Waals surface area contributed by atoms with Crippen molar-refractivity contribution in [3.8, 4) is 5.75 Å². The van der Waals surface area contributed by atoms with Crippen molar-refractivity contribution >= 4 is 27.4 Å². The molecule has 0 bridgehead atoms. The Morgan fingerprint density at radius 1 is 1.32 bits per heavy atom. The minimum Gasteiger partial charge on any atom is -0.478 e. The summed E-state index contributed by atoms with van der Waals surface area (Å²) in [5, 5.41) is 11.8. The highest BCUT2D eigenvalue weighted by molar-refractivity contribution is 7.18. The minimum atomic E-state index is -0.592. The number of aromatic nitrogens is 3. The van der Waals surface area contributed by atoms with Gasteiger partial charge < -0.3 is 19.8 Å². The van der Waals surface area contributed by atoms with Crippen LogP contribution >= 0.6 is 11.3 Å². The lowest BCUT2D eigenvalue weighted by Crippen LogP contribution is -2.14. The fourth-order valence-corrected chi connectivity index (χ4v) is 4.02. The molecule has 3 aromatic heterocycles. The van der Waals surface area contributed by atoms with Gasteiger partial charge in [-0.2, -0.15) is 0 Å². The fourth-order valence-electron chi connectivity index (χ4n) is 2.95. The van der Waals surface area contributed by atoms with E-state index in [0.29, 0.717) is 27.7 Å². The molecule has 9 heteroatoms. The number of pyridine rings is 1.